The summed E-state index contributed by atoms with van der Waals surface area (Å²) in [7, 11) is 1.30. The lowest BCUT2D eigenvalue weighted by atomic mass is 9.71. The summed E-state index contributed by atoms with van der Waals surface area (Å²) >= 11 is 0. The quantitative estimate of drug-likeness (QED) is 0.759. The molecule has 0 spiro atoms. The molecule has 0 aromatic rings. The van der Waals surface area contributed by atoms with Gasteiger partial charge in [0.2, 0.25) is 0 Å². The molecule has 2 aliphatic rings. The van der Waals surface area contributed by atoms with Crippen molar-refractivity contribution in [2.75, 3.05) is 13.7 Å². The smallest absolute Gasteiger partial charge is 0.410 e. The van der Waals surface area contributed by atoms with Crippen LogP contribution in [-0.4, -0.2) is 41.8 Å². The van der Waals surface area contributed by atoms with Crippen LogP contribution in [0.1, 0.15) is 32.1 Å². The highest BCUT2D eigenvalue weighted by Crippen LogP contribution is 2.40. The van der Waals surface area contributed by atoms with Crippen LogP contribution >= 0.6 is 0 Å². The van der Waals surface area contributed by atoms with Gasteiger partial charge in [-0.05, 0) is 24.7 Å². The van der Waals surface area contributed by atoms with Crippen LogP contribution in [0.25, 0.3) is 0 Å². The number of fused-ring (bicyclic) bond motifs is 1. The fourth-order valence-electron chi connectivity index (χ4n) is 3.32. The molecule has 5 nitrogen and oxygen atoms in total. The zero-order valence-corrected chi connectivity index (χ0v) is 10.1. The molecule has 1 heterocycles. The van der Waals surface area contributed by atoms with Gasteiger partial charge in [-0.2, -0.15) is 0 Å². The van der Waals surface area contributed by atoms with Crippen molar-refractivity contribution in [3.8, 4) is 0 Å². The van der Waals surface area contributed by atoms with Crippen LogP contribution in [0.5, 0.6) is 0 Å². The van der Waals surface area contributed by atoms with Crippen LogP contribution in [0.4, 0.5) is 4.79 Å². The van der Waals surface area contributed by atoms with Gasteiger partial charge in [0.15, 0.2) is 0 Å². The number of carbonyl (C=O) groups is 2. The summed E-state index contributed by atoms with van der Waals surface area (Å²) in [6.07, 6.45) is 4.66. The maximum atomic E-state index is 11.6. The standard InChI is InChI=1S/C12H19NO4/c1-17-12(16)13-7-6-8-4-2-3-5-9(8)10(13)11(14)15/h8-10H,2-7H2,1H3,(H,14,15). The van der Waals surface area contributed by atoms with Gasteiger partial charge in [0.1, 0.15) is 6.04 Å². The molecule has 1 aliphatic heterocycles. The molecule has 2 rings (SSSR count). The van der Waals surface area contributed by atoms with E-state index < -0.39 is 18.1 Å². The number of carboxylic acid groups (broad SMARTS) is 1. The molecule has 1 saturated heterocycles. The van der Waals surface area contributed by atoms with E-state index in [1.165, 1.54) is 18.4 Å². The van der Waals surface area contributed by atoms with Crippen LogP contribution in [0.3, 0.4) is 0 Å². The normalized spacial score (nSPS) is 32.8. The molecule has 0 aromatic heterocycles. The maximum Gasteiger partial charge on any atom is 0.410 e. The Bertz CT molecular complexity index is 318. The Hall–Kier alpha value is -1.26. The Morgan fingerprint density at radius 2 is 1.94 bits per heavy atom. The molecule has 1 saturated carbocycles. The van der Waals surface area contributed by atoms with E-state index in [9.17, 15) is 14.7 Å². The Labute approximate surface area is 101 Å². The van der Waals surface area contributed by atoms with E-state index in [2.05, 4.69) is 4.74 Å². The molecule has 17 heavy (non-hydrogen) atoms. The molecule has 96 valence electrons. The van der Waals surface area contributed by atoms with Crippen molar-refractivity contribution in [2.24, 2.45) is 11.8 Å². The van der Waals surface area contributed by atoms with Gasteiger partial charge in [0, 0.05) is 6.54 Å². The number of piperidine rings is 1. The summed E-state index contributed by atoms with van der Waals surface area (Å²) in [4.78, 5) is 24.4. The molecule has 5 heteroatoms. The SMILES string of the molecule is COC(=O)N1CCC2CCCCC2C1C(=O)O. The molecule has 0 bridgehead atoms. The average molecular weight is 241 g/mol. The van der Waals surface area contributed by atoms with Gasteiger partial charge in [-0.25, -0.2) is 9.59 Å². The predicted molar refractivity (Wildman–Crippen MR) is 60.6 cm³/mol. The molecule has 1 N–H and O–H groups in total. The number of carboxylic acids is 1. The number of carbonyl (C=O) groups excluding carboxylic acids is 1. The van der Waals surface area contributed by atoms with Gasteiger partial charge in [-0.1, -0.05) is 19.3 Å². The number of likely N-dealkylation sites (tertiary alicyclic amines) is 1. The lowest BCUT2D eigenvalue weighted by Crippen LogP contribution is -2.56. The van der Waals surface area contributed by atoms with Crippen molar-refractivity contribution >= 4 is 12.1 Å². The fourth-order valence-corrected chi connectivity index (χ4v) is 3.32. The van der Waals surface area contributed by atoms with Gasteiger partial charge in [-0.3, -0.25) is 4.90 Å². The number of aliphatic carboxylic acids is 1. The summed E-state index contributed by atoms with van der Waals surface area (Å²) < 4.78 is 4.67. The molecule has 0 aromatic carbocycles. The van der Waals surface area contributed by atoms with E-state index in [-0.39, 0.29) is 5.92 Å². The number of rotatable bonds is 1. The second-order valence-corrected chi connectivity index (χ2v) is 4.94. The first kappa shape index (κ1) is 12.2. The second-order valence-electron chi connectivity index (χ2n) is 4.94. The van der Waals surface area contributed by atoms with Crippen molar-refractivity contribution in [3.05, 3.63) is 0 Å². The van der Waals surface area contributed by atoms with Crippen LogP contribution in [0.15, 0.2) is 0 Å². The number of ether oxygens (including phenoxy) is 1. The first-order valence-corrected chi connectivity index (χ1v) is 6.22. The number of hydrogen-bond acceptors (Lipinski definition) is 3. The summed E-state index contributed by atoms with van der Waals surface area (Å²) in [6.45, 7) is 0.505. The third-order valence-corrected chi connectivity index (χ3v) is 4.11. The lowest BCUT2D eigenvalue weighted by Gasteiger charge is -2.44. The minimum absolute atomic E-state index is 0.106. The topological polar surface area (TPSA) is 66.8 Å². The van der Waals surface area contributed by atoms with Crippen molar-refractivity contribution in [1.29, 1.82) is 0 Å². The highest BCUT2D eigenvalue weighted by atomic mass is 16.5. The number of nitrogens with zero attached hydrogens (tertiary/aromatic N) is 1. The molecule has 0 radical (unpaired) electrons. The number of amides is 1. The lowest BCUT2D eigenvalue weighted by molar-refractivity contribution is -0.148. The first-order chi connectivity index (χ1) is 8.15. The molecule has 1 aliphatic carbocycles. The van der Waals surface area contributed by atoms with E-state index >= 15 is 0 Å². The Balaban J connectivity index is 2.19. The zero-order valence-electron chi connectivity index (χ0n) is 10.1. The van der Waals surface area contributed by atoms with E-state index in [0.717, 1.165) is 25.7 Å². The molecule has 2 fully saturated rings. The number of hydrogen-bond donors (Lipinski definition) is 1. The minimum atomic E-state index is -0.896. The highest BCUT2D eigenvalue weighted by Gasteiger charge is 2.45. The summed E-state index contributed by atoms with van der Waals surface area (Å²) in [6, 6.07) is -0.693. The average Bonchev–Trinajstić information content (AvgIpc) is 2.36. The molecular weight excluding hydrogens is 222 g/mol. The Morgan fingerprint density at radius 3 is 2.59 bits per heavy atom. The van der Waals surface area contributed by atoms with Crippen LogP contribution in [0, 0.1) is 11.8 Å². The molecule has 3 atom stereocenters. The van der Waals surface area contributed by atoms with Crippen LogP contribution in [0.2, 0.25) is 0 Å². The molecule has 1 amide bonds. The van der Waals surface area contributed by atoms with Gasteiger partial charge in [0.05, 0.1) is 7.11 Å². The summed E-state index contributed by atoms with van der Waals surface area (Å²) in [5, 5.41) is 9.34. The fraction of sp³-hybridized carbons (Fsp3) is 0.833. The van der Waals surface area contributed by atoms with Gasteiger partial charge in [0.25, 0.3) is 0 Å². The van der Waals surface area contributed by atoms with E-state index in [4.69, 9.17) is 0 Å². The minimum Gasteiger partial charge on any atom is -0.480 e. The molecule has 3 unspecified atom stereocenters. The molecular formula is C12H19NO4. The van der Waals surface area contributed by atoms with Gasteiger partial charge >= 0.3 is 12.1 Å². The van der Waals surface area contributed by atoms with Gasteiger partial charge in [-0.15, -0.1) is 0 Å². The predicted octanol–water partition coefficient (Wildman–Crippen LogP) is 1.72. The number of methoxy groups -OCH3 is 1. The summed E-state index contributed by atoms with van der Waals surface area (Å²) in [5.74, 6) is -0.327. The second kappa shape index (κ2) is 4.94. The van der Waals surface area contributed by atoms with E-state index in [1.807, 2.05) is 0 Å². The van der Waals surface area contributed by atoms with Crippen LogP contribution in [-0.2, 0) is 9.53 Å². The van der Waals surface area contributed by atoms with E-state index in [0.29, 0.717) is 12.5 Å². The Morgan fingerprint density at radius 1 is 1.24 bits per heavy atom. The maximum absolute atomic E-state index is 11.6. The van der Waals surface area contributed by atoms with Crippen molar-refractivity contribution < 1.29 is 19.4 Å². The van der Waals surface area contributed by atoms with Crippen LogP contribution < -0.4 is 0 Å². The largest absolute Gasteiger partial charge is 0.480 e. The zero-order chi connectivity index (χ0) is 12.4. The third-order valence-electron chi connectivity index (χ3n) is 4.11. The summed E-state index contributed by atoms with van der Waals surface area (Å²) in [5.41, 5.74) is 0. The van der Waals surface area contributed by atoms with E-state index in [1.54, 1.807) is 0 Å². The van der Waals surface area contributed by atoms with Crippen molar-refractivity contribution in [3.63, 3.8) is 0 Å². The van der Waals surface area contributed by atoms with Crippen molar-refractivity contribution in [1.82, 2.24) is 4.90 Å². The monoisotopic (exact) mass is 241 g/mol. The first-order valence-electron chi connectivity index (χ1n) is 6.22. The van der Waals surface area contributed by atoms with Gasteiger partial charge < -0.3 is 9.84 Å². The highest BCUT2D eigenvalue weighted by molar-refractivity contribution is 5.80. The Kier molecular flexibility index (Phi) is 3.54. The van der Waals surface area contributed by atoms with Crippen molar-refractivity contribution in [2.45, 2.75) is 38.1 Å². The third kappa shape index (κ3) is 2.23.